The van der Waals surface area contributed by atoms with Crippen LogP contribution in [-0.4, -0.2) is 12.5 Å². The highest BCUT2D eigenvalue weighted by Gasteiger charge is 2.18. The normalized spacial score (nSPS) is 13.2. The van der Waals surface area contributed by atoms with Gasteiger partial charge in [0.15, 0.2) is 0 Å². The second-order valence-electron chi connectivity index (χ2n) is 5.23. The van der Waals surface area contributed by atoms with Gasteiger partial charge in [0, 0.05) is 28.5 Å². The van der Waals surface area contributed by atoms with Crippen molar-refractivity contribution in [3.8, 4) is 0 Å². The van der Waals surface area contributed by atoms with Crippen molar-refractivity contribution in [3.05, 3.63) is 58.1 Å². The van der Waals surface area contributed by atoms with Gasteiger partial charge in [0.05, 0.1) is 0 Å². The van der Waals surface area contributed by atoms with Crippen molar-refractivity contribution in [2.24, 2.45) is 0 Å². The van der Waals surface area contributed by atoms with Crippen LogP contribution in [0.1, 0.15) is 27.9 Å². The van der Waals surface area contributed by atoms with E-state index in [0.717, 1.165) is 47.5 Å². The lowest BCUT2D eigenvalue weighted by Crippen LogP contribution is -2.19. The molecule has 0 spiro atoms. The Kier molecular flexibility index (Phi) is 3.84. The molecule has 0 radical (unpaired) electrons. The van der Waals surface area contributed by atoms with Gasteiger partial charge >= 0.3 is 0 Å². The van der Waals surface area contributed by atoms with Gasteiger partial charge in [-0.25, -0.2) is 0 Å². The van der Waals surface area contributed by atoms with Gasteiger partial charge in [0.25, 0.3) is 5.91 Å². The first-order valence-electron chi connectivity index (χ1n) is 7.09. The van der Waals surface area contributed by atoms with E-state index in [9.17, 15) is 4.79 Å². The van der Waals surface area contributed by atoms with Crippen molar-refractivity contribution in [1.82, 2.24) is 0 Å². The highest BCUT2D eigenvalue weighted by atomic mass is 35.5. The van der Waals surface area contributed by atoms with Gasteiger partial charge in [-0.1, -0.05) is 23.7 Å². The molecule has 0 fully saturated rings. The van der Waals surface area contributed by atoms with Crippen LogP contribution in [0.4, 0.5) is 11.4 Å². The Morgan fingerprint density at radius 3 is 2.90 bits per heavy atom. The second-order valence-corrected chi connectivity index (χ2v) is 5.64. The number of carbonyl (C=O) groups is 1. The Labute approximate surface area is 129 Å². The van der Waals surface area contributed by atoms with Gasteiger partial charge in [-0.2, -0.15) is 0 Å². The van der Waals surface area contributed by atoms with Crippen LogP contribution >= 0.6 is 11.6 Å². The van der Waals surface area contributed by atoms with Crippen LogP contribution in [0, 0.1) is 6.92 Å². The maximum atomic E-state index is 12.6. The summed E-state index contributed by atoms with van der Waals surface area (Å²) in [5, 5.41) is 6.96. The Hall–Kier alpha value is -2.00. The monoisotopic (exact) mass is 300 g/mol. The van der Waals surface area contributed by atoms with E-state index in [0.29, 0.717) is 5.02 Å². The van der Waals surface area contributed by atoms with Crippen molar-refractivity contribution in [2.75, 3.05) is 17.2 Å². The first-order valence-corrected chi connectivity index (χ1v) is 7.47. The van der Waals surface area contributed by atoms with Gasteiger partial charge in [-0.05, 0) is 55.2 Å². The molecule has 1 aliphatic heterocycles. The fourth-order valence-corrected chi connectivity index (χ4v) is 2.83. The average molecular weight is 301 g/mol. The molecule has 2 aromatic rings. The summed E-state index contributed by atoms with van der Waals surface area (Å²) in [5.74, 6) is -0.0825. The van der Waals surface area contributed by atoms with E-state index in [1.807, 2.05) is 43.3 Å². The number of amides is 1. The molecule has 0 saturated heterocycles. The molecule has 1 amide bonds. The fourth-order valence-electron chi connectivity index (χ4n) is 2.66. The lowest BCUT2D eigenvalue weighted by Gasteiger charge is -2.20. The Bertz CT molecular complexity index is 697. The summed E-state index contributed by atoms with van der Waals surface area (Å²) in [6, 6.07) is 11.3. The van der Waals surface area contributed by atoms with E-state index in [1.165, 1.54) is 0 Å². The Morgan fingerprint density at radius 2 is 2.05 bits per heavy atom. The number of rotatable bonds is 2. The summed E-state index contributed by atoms with van der Waals surface area (Å²) in [7, 11) is 0. The van der Waals surface area contributed by atoms with Crippen molar-refractivity contribution >= 4 is 28.9 Å². The van der Waals surface area contributed by atoms with Gasteiger partial charge in [-0.3, -0.25) is 4.79 Å². The van der Waals surface area contributed by atoms with Crippen LogP contribution in [0.2, 0.25) is 5.02 Å². The van der Waals surface area contributed by atoms with E-state index >= 15 is 0 Å². The van der Waals surface area contributed by atoms with E-state index in [1.54, 1.807) is 0 Å². The van der Waals surface area contributed by atoms with Crippen LogP contribution in [0.5, 0.6) is 0 Å². The maximum absolute atomic E-state index is 12.6. The molecule has 0 atom stereocenters. The number of anilines is 2. The van der Waals surface area contributed by atoms with Gasteiger partial charge in [0.1, 0.15) is 0 Å². The van der Waals surface area contributed by atoms with Crippen LogP contribution in [0.15, 0.2) is 36.4 Å². The average Bonchev–Trinajstić information content (AvgIpc) is 2.51. The summed E-state index contributed by atoms with van der Waals surface area (Å²) >= 11 is 6.10. The first kappa shape index (κ1) is 14.0. The van der Waals surface area contributed by atoms with Crippen LogP contribution in [0.25, 0.3) is 0 Å². The third-order valence-electron chi connectivity index (χ3n) is 3.86. The molecular formula is C17H17ClN2O. The predicted molar refractivity (Wildman–Crippen MR) is 87.4 cm³/mol. The van der Waals surface area contributed by atoms with Crippen molar-refractivity contribution < 1.29 is 4.79 Å². The Balaban J connectivity index is 1.91. The number of benzene rings is 2. The summed E-state index contributed by atoms with van der Waals surface area (Å²) in [6.45, 7) is 2.87. The van der Waals surface area contributed by atoms with Crippen molar-refractivity contribution in [1.29, 1.82) is 0 Å². The quantitative estimate of drug-likeness (QED) is 0.870. The topological polar surface area (TPSA) is 41.1 Å². The van der Waals surface area contributed by atoms with Crippen LogP contribution in [-0.2, 0) is 6.42 Å². The number of hydrogen-bond donors (Lipinski definition) is 2. The molecule has 3 nitrogen and oxygen atoms in total. The molecule has 1 heterocycles. The minimum atomic E-state index is -0.0825. The molecule has 1 aliphatic rings. The molecule has 0 saturated carbocycles. The summed E-state index contributed by atoms with van der Waals surface area (Å²) in [5.41, 5.74) is 4.54. The molecule has 2 aromatic carbocycles. The third-order valence-corrected chi connectivity index (χ3v) is 4.27. The third kappa shape index (κ3) is 2.74. The van der Waals surface area contributed by atoms with Gasteiger partial charge < -0.3 is 10.6 Å². The van der Waals surface area contributed by atoms with Crippen LogP contribution in [0.3, 0.4) is 0 Å². The SMILES string of the molecule is Cc1c(Cl)cccc1NC(=O)c1cccc2c1CCCN2. The molecule has 0 unspecified atom stereocenters. The van der Waals surface area contributed by atoms with Crippen molar-refractivity contribution in [2.45, 2.75) is 19.8 Å². The molecule has 108 valence electrons. The van der Waals surface area contributed by atoms with E-state index in [2.05, 4.69) is 10.6 Å². The number of hydrogen-bond acceptors (Lipinski definition) is 2. The lowest BCUT2D eigenvalue weighted by molar-refractivity contribution is 0.102. The number of halogens is 1. The maximum Gasteiger partial charge on any atom is 0.256 e. The largest absolute Gasteiger partial charge is 0.385 e. The summed E-state index contributed by atoms with van der Waals surface area (Å²) in [6.07, 6.45) is 1.98. The molecule has 0 aliphatic carbocycles. The number of fused-ring (bicyclic) bond motifs is 1. The molecule has 4 heteroatoms. The number of nitrogens with one attached hydrogen (secondary N) is 2. The number of carbonyl (C=O) groups excluding carboxylic acids is 1. The minimum Gasteiger partial charge on any atom is -0.385 e. The zero-order valence-corrected chi connectivity index (χ0v) is 12.6. The van der Waals surface area contributed by atoms with Crippen LogP contribution < -0.4 is 10.6 Å². The summed E-state index contributed by atoms with van der Waals surface area (Å²) < 4.78 is 0. The zero-order valence-electron chi connectivity index (χ0n) is 11.9. The predicted octanol–water partition coefficient (Wildman–Crippen LogP) is 4.26. The highest BCUT2D eigenvalue weighted by molar-refractivity contribution is 6.31. The molecule has 2 N–H and O–H groups in total. The molecule has 3 rings (SSSR count). The smallest absolute Gasteiger partial charge is 0.256 e. The molecule has 0 bridgehead atoms. The fraction of sp³-hybridized carbons (Fsp3) is 0.235. The van der Waals surface area contributed by atoms with Gasteiger partial charge in [-0.15, -0.1) is 0 Å². The van der Waals surface area contributed by atoms with E-state index in [-0.39, 0.29) is 5.91 Å². The molecule has 0 aromatic heterocycles. The lowest BCUT2D eigenvalue weighted by atomic mass is 9.97. The van der Waals surface area contributed by atoms with E-state index in [4.69, 9.17) is 11.6 Å². The molecule has 21 heavy (non-hydrogen) atoms. The van der Waals surface area contributed by atoms with Crippen molar-refractivity contribution in [3.63, 3.8) is 0 Å². The second kappa shape index (κ2) is 5.78. The zero-order chi connectivity index (χ0) is 14.8. The minimum absolute atomic E-state index is 0.0825. The van der Waals surface area contributed by atoms with E-state index < -0.39 is 0 Å². The standard InChI is InChI=1S/C17H17ClN2O/c1-11-14(18)7-3-8-15(11)20-17(21)13-5-2-9-16-12(13)6-4-10-19-16/h2-3,5,7-9,19H,4,6,10H2,1H3,(H,20,21). The first-order chi connectivity index (χ1) is 10.2. The van der Waals surface area contributed by atoms with Gasteiger partial charge in [0.2, 0.25) is 0 Å². The Morgan fingerprint density at radius 1 is 1.24 bits per heavy atom. The molecular weight excluding hydrogens is 284 g/mol. The highest BCUT2D eigenvalue weighted by Crippen LogP contribution is 2.27. The summed E-state index contributed by atoms with van der Waals surface area (Å²) in [4.78, 5) is 12.6.